The largest absolute Gasteiger partial charge is 0.497 e. The summed E-state index contributed by atoms with van der Waals surface area (Å²) >= 11 is 5.99. The highest BCUT2D eigenvalue weighted by atomic mass is 35.5. The van der Waals surface area contributed by atoms with Gasteiger partial charge < -0.3 is 19.3 Å². The van der Waals surface area contributed by atoms with E-state index in [1.54, 1.807) is 38.3 Å². The number of nitrogens with zero attached hydrogens (tertiary/aromatic N) is 4. The molecule has 0 bridgehead atoms. The van der Waals surface area contributed by atoms with Gasteiger partial charge in [-0.1, -0.05) is 17.7 Å². The van der Waals surface area contributed by atoms with Gasteiger partial charge in [-0.3, -0.25) is 4.79 Å². The molecule has 4 rings (SSSR count). The van der Waals surface area contributed by atoms with Crippen molar-refractivity contribution < 1.29 is 14.3 Å². The molecule has 3 aromatic rings. The van der Waals surface area contributed by atoms with Crippen molar-refractivity contribution in [3.05, 3.63) is 65.7 Å². The van der Waals surface area contributed by atoms with Crippen LogP contribution in [0.25, 0.3) is 11.3 Å². The molecule has 32 heavy (non-hydrogen) atoms. The molecule has 0 radical (unpaired) electrons. The number of amides is 1. The highest BCUT2D eigenvalue weighted by molar-refractivity contribution is 6.30. The van der Waals surface area contributed by atoms with Crippen LogP contribution >= 0.6 is 11.6 Å². The van der Waals surface area contributed by atoms with Crippen LogP contribution in [0, 0.1) is 0 Å². The van der Waals surface area contributed by atoms with E-state index in [9.17, 15) is 4.79 Å². The molecule has 0 aliphatic carbocycles. The summed E-state index contributed by atoms with van der Waals surface area (Å²) in [4.78, 5) is 16.8. The molecule has 1 amide bonds. The minimum atomic E-state index is -0.580. The summed E-state index contributed by atoms with van der Waals surface area (Å²) in [5.74, 6) is 2.16. The first kappa shape index (κ1) is 21.9. The number of piperazine rings is 1. The lowest BCUT2D eigenvalue weighted by Crippen LogP contribution is -2.52. The van der Waals surface area contributed by atoms with Crippen LogP contribution < -0.4 is 14.4 Å². The van der Waals surface area contributed by atoms with E-state index in [1.807, 2.05) is 41.3 Å². The summed E-state index contributed by atoms with van der Waals surface area (Å²) < 4.78 is 11.0. The number of hydrogen-bond acceptors (Lipinski definition) is 6. The maximum atomic E-state index is 12.8. The quantitative estimate of drug-likeness (QED) is 0.564. The fraction of sp³-hybridized carbons (Fsp3) is 0.292. The van der Waals surface area contributed by atoms with Crippen molar-refractivity contribution in [2.24, 2.45) is 0 Å². The third kappa shape index (κ3) is 5.11. The number of hydrogen-bond donors (Lipinski definition) is 0. The maximum absolute atomic E-state index is 12.8. The highest BCUT2D eigenvalue weighted by Gasteiger charge is 2.26. The summed E-state index contributed by atoms with van der Waals surface area (Å²) in [6.07, 6.45) is -0.580. The zero-order chi connectivity index (χ0) is 22.5. The van der Waals surface area contributed by atoms with Crippen LogP contribution in [0.4, 0.5) is 5.82 Å². The first-order valence-corrected chi connectivity index (χ1v) is 10.9. The zero-order valence-corrected chi connectivity index (χ0v) is 18.8. The molecular formula is C24H25ClN4O3. The Morgan fingerprint density at radius 2 is 1.72 bits per heavy atom. The van der Waals surface area contributed by atoms with E-state index in [2.05, 4.69) is 15.1 Å². The van der Waals surface area contributed by atoms with Crippen LogP contribution in [0.15, 0.2) is 60.7 Å². The number of carbonyl (C=O) groups excluding carboxylic acids is 1. The van der Waals surface area contributed by atoms with Crippen molar-refractivity contribution in [1.29, 1.82) is 0 Å². The van der Waals surface area contributed by atoms with E-state index in [1.165, 1.54) is 0 Å². The van der Waals surface area contributed by atoms with Gasteiger partial charge in [-0.05, 0) is 61.5 Å². The van der Waals surface area contributed by atoms with E-state index in [0.717, 1.165) is 22.8 Å². The Balaban J connectivity index is 1.32. The Morgan fingerprint density at radius 3 is 2.34 bits per heavy atom. The van der Waals surface area contributed by atoms with Gasteiger partial charge in [0.2, 0.25) is 0 Å². The van der Waals surface area contributed by atoms with Gasteiger partial charge in [-0.25, -0.2) is 0 Å². The van der Waals surface area contributed by atoms with Crippen molar-refractivity contribution >= 4 is 23.3 Å². The number of rotatable bonds is 6. The van der Waals surface area contributed by atoms with Gasteiger partial charge >= 0.3 is 0 Å². The van der Waals surface area contributed by atoms with Gasteiger partial charge in [0.05, 0.1) is 12.8 Å². The fourth-order valence-corrected chi connectivity index (χ4v) is 3.80. The van der Waals surface area contributed by atoms with Crippen molar-refractivity contribution in [1.82, 2.24) is 15.1 Å². The van der Waals surface area contributed by atoms with Crippen molar-refractivity contribution in [2.75, 3.05) is 38.2 Å². The van der Waals surface area contributed by atoms with E-state index < -0.39 is 6.10 Å². The Hall–Kier alpha value is -3.32. The van der Waals surface area contributed by atoms with Gasteiger partial charge in [0.15, 0.2) is 11.9 Å². The summed E-state index contributed by atoms with van der Waals surface area (Å²) in [5.41, 5.74) is 1.78. The average Bonchev–Trinajstić information content (AvgIpc) is 2.84. The lowest BCUT2D eigenvalue weighted by atomic mass is 10.1. The maximum Gasteiger partial charge on any atom is 0.263 e. The minimum Gasteiger partial charge on any atom is -0.497 e. The summed E-state index contributed by atoms with van der Waals surface area (Å²) in [6, 6.07) is 18.7. The van der Waals surface area contributed by atoms with Gasteiger partial charge in [-0.15, -0.1) is 10.2 Å². The SMILES string of the molecule is COc1ccc(-c2ccc(N3CCN(C(=O)C(C)Oc4cccc(Cl)c4)CC3)nn2)cc1. The number of halogens is 1. The lowest BCUT2D eigenvalue weighted by Gasteiger charge is -2.36. The zero-order valence-electron chi connectivity index (χ0n) is 18.1. The summed E-state index contributed by atoms with van der Waals surface area (Å²) in [6.45, 7) is 4.34. The number of carbonyl (C=O) groups is 1. The second-order valence-electron chi connectivity index (χ2n) is 7.54. The standard InChI is InChI=1S/C24H25ClN4O3/c1-17(32-21-5-3-4-19(25)16-21)24(30)29-14-12-28(13-15-29)23-11-10-22(26-27-23)18-6-8-20(31-2)9-7-18/h3-11,16-17H,12-15H2,1-2H3. The van der Waals surface area contributed by atoms with E-state index >= 15 is 0 Å². The fourth-order valence-electron chi connectivity index (χ4n) is 3.62. The predicted octanol–water partition coefficient (Wildman–Crippen LogP) is 3.92. The molecule has 1 aliphatic rings. The Bertz CT molecular complexity index is 1050. The molecule has 2 aromatic carbocycles. The van der Waals surface area contributed by atoms with Crippen LogP contribution in [0.5, 0.6) is 11.5 Å². The van der Waals surface area contributed by atoms with Crippen LogP contribution in [-0.4, -0.2) is 60.4 Å². The van der Waals surface area contributed by atoms with Crippen molar-refractivity contribution in [2.45, 2.75) is 13.0 Å². The second-order valence-corrected chi connectivity index (χ2v) is 7.97. The third-order valence-corrected chi connectivity index (χ3v) is 5.64. The molecule has 1 aromatic heterocycles. The smallest absolute Gasteiger partial charge is 0.263 e. The van der Waals surface area contributed by atoms with E-state index in [0.29, 0.717) is 37.0 Å². The molecule has 7 nitrogen and oxygen atoms in total. The van der Waals surface area contributed by atoms with Crippen LogP contribution in [0.1, 0.15) is 6.92 Å². The molecule has 0 N–H and O–H groups in total. The van der Waals surface area contributed by atoms with Gasteiger partial charge in [0, 0.05) is 36.8 Å². The van der Waals surface area contributed by atoms with E-state index in [4.69, 9.17) is 21.1 Å². The molecule has 2 heterocycles. The first-order valence-electron chi connectivity index (χ1n) is 10.5. The van der Waals surface area contributed by atoms with Gasteiger partial charge in [0.25, 0.3) is 5.91 Å². The summed E-state index contributed by atoms with van der Waals surface area (Å²) in [7, 11) is 1.64. The topological polar surface area (TPSA) is 67.8 Å². The monoisotopic (exact) mass is 452 g/mol. The van der Waals surface area contributed by atoms with Gasteiger partial charge in [-0.2, -0.15) is 0 Å². The molecule has 1 saturated heterocycles. The third-order valence-electron chi connectivity index (χ3n) is 5.41. The normalized spacial score (nSPS) is 14.7. The summed E-state index contributed by atoms with van der Waals surface area (Å²) in [5, 5.41) is 9.35. The number of methoxy groups -OCH3 is 1. The Kier molecular flexibility index (Phi) is 6.75. The number of ether oxygens (including phenoxy) is 2. The Labute approximate surface area is 192 Å². The molecule has 8 heteroatoms. The lowest BCUT2D eigenvalue weighted by molar-refractivity contribution is -0.138. The molecule has 0 saturated carbocycles. The molecule has 1 atom stereocenters. The molecular weight excluding hydrogens is 428 g/mol. The van der Waals surface area contributed by atoms with E-state index in [-0.39, 0.29) is 5.91 Å². The second kappa shape index (κ2) is 9.87. The molecule has 0 spiro atoms. The Morgan fingerprint density at radius 1 is 0.969 bits per heavy atom. The van der Waals surface area contributed by atoms with Crippen LogP contribution in [-0.2, 0) is 4.79 Å². The number of aromatic nitrogens is 2. The van der Waals surface area contributed by atoms with Crippen LogP contribution in [0.3, 0.4) is 0 Å². The van der Waals surface area contributed by atoms with Crippen molar-refractivity contribution in [3.63, 3.8) is 0 Å². The van der Waals surface area contributed by atoms with Crippen molar-refractivity contribution in [3.8, 4) is 22.8 Å². The molecule has 1 fully saturated rings. The number of benzene rings is 2. The highest BCUT2D eigenvalue weighted by Crippen LogP contribution is 2.23. The molecule has 166 valence electrons. The number of anilines is 1. The van der Waals surface area contributed by atoms with Crippen LogP contribution in [0.2, 0.25) is 5.02 Å². The first-order chi connectivity index (χ1) is 15.5. The molecule has 1 unspecified atom stereocenters. The molecule has 1 aliphatic heterocycles. The average molecular weight is 453 g/mol. The minimum absolute atomic E-state index is 0.0365. The predicted molar refractivity (Wildman–Crippen MR) is 124 cm³/mol. The van der Waals surface area contributed by atoms with Gasteiger partial charge in [0.1, 0.15) is 11.5 Å².